The molecular formula is C13H22N2O. The SMILES string of the molecule is CC(=O)c1cnn(C(C)(C)C)c1CC(C)C. The molecule has 0 aliphatic carbocycles. The number of hydrogen-bond donors (Lipinski definition) is 0. The first-order valence-electron chi connectivity index (χ1n) is 5.81. The minimum Gasteiger partial charge on any atom is -0.294 e. The minimum atomic E-state index is -0.0715. The maximum atomic E-state index is 11.5. The molecular weight excluding hydrogens is 200 g/mol. The van der Waals surface area contributed by atoms with Gasteiger partial charge in [-0.2, -0.15) is 5.10 Å². The third-order valence-corrected chi connectivity index (χ3v) is 2.49. The highest BCUT2D eigenvalue weighted by molar-refractivity contribution is 5.95. The van der Waals surface area contributed by atoms with Gasteiger partial charge in [0.25, 0.3) is 0 Å². The van der Waals surface area contributed by atoms with Crippen LogP contribution in [0.3, 0.4) is 0 Å². The molecule has 0 fully saturated rings. The average Bonchev–Trinajstić information content (AvgIpc) is 2.45. The van der Waals surface area contributed by atoms with Crippen LogP contribution in [-0.2, 0) is 12.0 Å². The fourth-order valence-electron chi connectivity index (χ4n) is 1.83. The van der Waals surface area contributed by atoms with Crippen LogP contribution in [0, 0.1) is 5.92 Å². The second-order valence-electron chi connectivity index (χ2n) is 5.74. The van der Waals surface area contributed by atoms with Gasteiger partial charge in [0.1, 0.15) is 0 Å². The van der Waals surface area contributed by atoms with Gasteiger partial charge in [-0.15, -0.1) is 0 Å². The lowest BCUT2D eigenvalue weighted by atomic mass is 10.0. The second-order valence-corrected chi connectivity index (χ2v) is 5.74. The van der Waals surface area contributed by atoms with E-state index in [2.05, 4.69) is 39.7 Å². The Bertz CT molecular complexity index is 383. The molecule has 1 aromatic rings. The summed E-state index contributed by atoms with van der Waals surface area (Å²) < 4.78 is 1.98. The van der Waals surface area contributed by atoms with E-state index in [1.54, 1.807) is 13.1 Å². The number of ketones is 1. The molecule has 0 aromatic carbocycles. The van der Waals surface area contributed by atoms with Crippen LogP contribution in [-0.4, -0.2) is 15.6 Å². The Labute approximate surface area is 97.8 Å². The van der Waals surface area contributed by atoms with Crippen LogP contribution >= 0.6 is 0 Å². The monoisotopic (exact) mass is 222 g/mol. The van der Waals surface area contributed by atoms with E-state index in [0.717, 1.165) is 17.7 Å². The Morgan fingerprint density at radius 1 is 1.44 bits per heavy atom. The quantitative estimate of drug-likeness (QED) is 0.737. The van der Waals surface area contributed by atoms with Crippen molar-refractivity contribution in [1.82, 2.24) is 9.78 Å². The minimum absolute atomic E-state index is 0.0715. The van der Waals surface area contributed by atoms with Gasteiger partial charge in [-0.05, 0) is 40.0 Å². The molecule has 0 bridgehead atoms. The molecule has 16 heavy (non-hydrogen) atoms. The zero-order valence-corrected chi connectivity index (χ0v) is 11.2. The Morgan fingerprint density at radius 2 is 2.00 bits per heavy atom. The summed E-state index contributed by atoms with van der Waals surface area (Å²) in [5.74, 6) is 0.627. The third kappa shape index (κ3) is 2.71. The van der Waals surface area contributed by atoms with Gasteiger partial charge >= 0.3 is 0 Å². The molecule has 0 amide bonds. The predicted octanol–water partition coefficient (Wildman–Crippen LogP) is 3.04. The van der Waals surface area contributed by atoms with Crippen molar-refractivity contribution in [2.45, 2.75) is 53.5 Å². The fourth-order valence-corrected chi connectivity index (χ4v) is 1.83. The van der Waals surface area contributed by atoms with Gasteiger partial charge in [-0.3, -0.25) is 9.48 Å². The highest BCUT2D eigenvalue weighted by Gasteiger charge is 2.22. The van der Waals surface area contributed by atoms with E-state index in [-0.39, 0.29) is 11.3 Å². The van der Waals surface area contributed by atoms with Crippen LogP contribution in [0.25, 0.3) is 0 Å². The van der Waals surface area contributed by atoms with E-state index in [4.69, 9.17) is 0 Å². The van der Waals surface area contributed by atoms with Crippen molar-refractivity contribution in [3.63, 3.8) is 0 Å². The number of rotatable bonds is 3. The van der Waals surface area contributed by atoms with Crippen molar-refractivity contribution in [2.24, 2.45) is 5.92 Å². The van der Waals surface area contributed by atoms with E-state index in [1.165, 1.54) is 0 Å². The molecule has 90 valence electrons. The van der Waals surface area contributed by atoms with Gasteiger partial charge in [-0.1, -0.05) is 13.8 Å². The molecule has 3 nitrogen and oxygen atoms in total. The zero-order valence-electron chi connectivity index (χ0n) is 11.2. The summed E-state index contributed by atoms with van der Waals surface area (Å²) in [5.41, 5.74) is 1.76. The number of Topliss-reactive ketones (excluding diaryl/α,β-unsaturated/α-hetero) is 1. The number of hydrogen-bond acceptors (Lipinski definition) is 2. The number of carbonyl (C=O) groups excluding carboxylic acids is 1. The Morgan fingerprint density at radius 3 is 2.38 bits per heavy atom. The largest absolute Gasteiger partial charge is 0.294 e. The lowest BCUT2D eigenvalue weighted by molar-refractivity contribution is 0.101. The van der Waals surface area contributed by atoms with Crippen molar-refractivity contribution in [3.8, 4) is 0 Å². The van der Waals surface area contributed by atoms with Gasteiger partial charge in [-0.25, -0.2) is 0 Å². The summed E-state index contributed by atoms with van der Waals surface area (Å²) in [6, 6.07) is 0. The summed E-state index contributed by atoms with van der Waals surface area (Å²) in [6.45, 7) is 12.2. The molecule has 0 aliphatic rings. The molecule has 0 N–H and O–H groups in total. The van der Waals surface area contributed by atoms with Gasteiger partial charge < -0.3 is 0 Å². The molecule has 3 heteroatoms. The molecule has 0 spiro atoms. The Kier molecular flexibility index (Phi) is 3.56. The van der Waals surface area contributed by atoms with E-state index >= 15 is 0 Å². The first-order valence-corrected chi connectivity index (χ1v) is 5.81. The highest BCUT2D eigenvalue weighted by Crippen LogP contribution is 2.22. The van der Waals surface area contributed by atoms with E-state index in [1.807, 2.05) is 4.68 Å². The topological polar surface area (TPSA) is 34.9 Å². The van der Waals surface area contributed by atoms with Crippen molar-refractivity contribution in [3.05, 3.63) is 17.5 Å². The van der Waals surface area contributed by atoms with Gasteiger partial charge in [0.2, 0.25) is 0 Å². The van der Waals surface area contributed by atoms with Crippen LogP contribution < -0.4 is 0 Å². The van der Waals surface area contributed by atoms with Crippen molar-refractivity contribution >= 4 is 5.78 Å². The maximum absolute atomic E-state index is 11.5. The average molecular weight is 222 g/mol. The van der Waals surface area contributed by atoms with E-state index in [0.29, 0.717) is 5.92 Å². The van der Waals surface area contributed by atoms with Crippen molar-refractivity contribution in [2.75, 3.05) is 0 Å². The molecule has 0 aliphatic heterocycles. The second kappa shape index (κ2) is 4.40. The molecule has 0 saturated carbocycles. The molecule has 0 radical (unpaired) electrons. The standard InChI is InChI=1S/C13H22N2O/c1-9(2)7-12-11(10(3)16)8-14-15(12)13(4,5)6/h8-9H,7H2,1-6H3. The van der Waals surface area contributed by atoms with Crippen LogP contribution in [0.4, 0.5) is 0 Å². The van der Waals surface area contributed by atoms with Crippen LogP contribution in [0.1, 0.15) is 57.6 Å². The molecule has 0 unspecified atom stereocenters. The number of carbonyl (C=O) groups is 1. The number of aromatic nitrogens is 2. The number of nitrogens with zero attached hydrogens (tertiary/aromatic N) is 2. The lowest BCUT2D eigenvalue weighted by Gasteiger charge is -2.23. The highest BCUT2D eigenvalue weighted by atomic mass is 16.1. The Hall–Kier alpha value is -1.12. The summed E-state index contributed by atoms with van der Waals surface area (Å²) in [7, 11) is 0. The van der Waals surface area contributed by atoms with Crippen LogP contribution in [0.15, 0.2) is 6.20 Å². The lowest BCUT2D eigenvalue weighted by Crippen LogP contribution is -2.26. The van der Waals surface area contributed by atoms with Crippen LogP contribution in [0.5, 0.6) is 0 Å². The molecule has 1 rings (SSSR count). The summed E-state index contributed by atoms with van der Waals surface area (Å²) in [5, 5.41) is 4.36. The van der Waals surface area contributed by atoms with Gasteiger partial charge in [0.15, 0.2) is 5.78 Å². The first kappa shape index (κ1) is 12.9. The van der Waals surface area contributed by atoms with Crippen LogP contribution in [0.2, 0.25) is 0 Å². The van der Waals surface area contributed by atoms with E-state index in [9.17, 15) is 4.79 Å². The maximum Gasteiger partial charge on any atom is 0.163 e. The van der Waals surface area contributed by atoms with Crippen molar-refractivity contribution < 1.29 is 4.79 Å². The summed E-state index contributed by atoms with van der Waals surface area (Å²) in [4.78, 5) is 11.5. The third-order valence-electron chi connectivity index (χ3n) is 2.49. The predicted molar refractivity (Wildman–Crippen MR) is 65.8 cm³/mol. The summed E-state index contributed by atoms with van der Waals surface area (Å²) in [6.07, 6.45) is 2.59. The molecule has 1 aromatic heterocycles. The molecule has 0 saturated heterocycles. The van der Waals surface area contributed by atoms with Crippen molar-refractivity contribution in [1.29, 1.82) is 0 Å². The smallest absolute Gasteiger partial charge is 0.163 e. The van der Waals surface area contributed by atoms with E-state index < -0.39 is 0 Å². The first-order chi connectivity index (χ1) is 7.23. The normalized spacial score (nSPS) is 12.2. The fraction of sp³-hybridized carbons (Fsp3) is 0.692. The van der Waals surface area contributed by atoms with Gasteiger partial charge in [0, 0.05) is 0 Å². The molecule has 0 atom stereocenters. The molecule has 1 heterocycles. The van der Waals surface area contributed by atoms with Gasteiger partial charge in [0.05, 0.1) is 23.0 Å². The Balaban J connectivity index is 3.25. The summed E-state index contributed by atoms with van der Waals surface area (Å²) >= 11 is 0. The zero-order chi connectivity index (χ0) is 12.5.